The van der Waals surface area contributed by atoms with Crippen molar-refractivity contribution >= 4 is 0 Å². The molecular weight excluding hydrogens is 232 g/mol. The Bertz CT molecular complexity index is 343. The van der Waals surface area contributed by atoms with Crippen LogP contribution in [0.3, 0.4) is 0 Å². The Balaban J connectivity index is 2.47. The van der Waals surface area contributed by atoms with Crippen LogP contribution in [0.5, 0.6) is 0 Å². The fourth-order valence-electron chi connectivity index (χ4n) is 2.16. The van der Waals surface area contributed by atoms with E-state index < -0.39 is 0 Å². The van der Waals surface area contributed by atoms with Gasteiger partial charge >= 0.3 is 0 Å². The highest BCUT2D eigenvalue weighted by atomic mass is 15.1. The summed E-state index contributed by atoms with van der Waals surface area (Å²) in [6.45, 7) is 12.2. The minimum atomic E-state index is 0.619. The lowest BCUT2D eigenvalue weighted by Crippen LogP contribution is -2.32. The van der Waals surface area contributed by atoms with Crippen molar-refractivity contribution in [3.63, 3.8) is 0 Å². The molecule has 0 heterocycles. The van der Waals surface area contributed by atoms with Crippen LogP contribution in [0.2, 0.25) is 0 Å². The van der Waals surface area contributed by atoms with E-state index in [2.05, 4.69) is 69.2 Å². The Morgan fingerprint density at radius 1 is 1.05 bits per heavy atom. The molecule has 0 aliphatic rings. The first-order chi connectivity index (χ1) is 9.04. The lowest BCUT2D eigenvalue weighted by Gasteiger charge is -2.27. The molecule has 1 rings (SSSR count). The van der Waals surface area contributed by atoms with Crippen LogP contribution in [0.1, 0.15) is 38.8 Å². The maximum absolute atomic E-state index is 3.36. The molecule has 1 atom stereocenters. The quantitative estimate of drug-likeness (QED) is 0.723. The molecule has 0 aromatic heterocycles. The van der Waals surface area contributed by atoms with E-state index in [0.717, 1.165) is 26.1 Å². The van der Waals surface area contributed by atoms with Gasteiger partial charge in [0.15, 0.2) is 0 Å². The fourth-order valence-corrected chi connectivity index (χ4v) is 2.16. The van der Waals surface area contributed by atoms with Crippen molar-refractivity contribution in [3.05, 3.63) is 35.4 Å². The van der Waals surface area contributed by atoms with Gasteiger partial charge in [-0.25, -0.2) is 0 Å². The van der Waals surface area contributed by atoms with Crippen molar-refractivity contribution in [1.82, 2.24) is 10.2 Å². The van der Waals surface area contributed by atoms with Gasteiger partial charge in [0.05, 0.1) is 0 Å². The van der Waals surface area contributed by atoms with E-state index in [0.29, 0.717) is 12.0 Å². The van der Waals surface area contributed by atoms with Gasteiger partial charge in [-0.05, 0) is 50.5 Å². The first-order valence-electron chi connectivity index (χ1n) is 7.53. The van der Waals surface area contributed by atoms with Crippen molar-refractivity contribution in [2.45, 2.75) is 46.7 Å². The monoisotopic (exact) mass is 262 g/mol. The number of hydrogen-bond acceptors (Lipinski definition) is 2. The van der Waals surface area contributed by atoms with Gasteiger partial charge in [0.1, 0.15) is 0 Å². The van der Waals surface area contributed by atoms with Gasteiger partial charge in [0.2, 0.25) is 0 Å². The summed E-state index contributed by atoms with van der Waals surface area (Å²) < 4.78 is 0. The Hall–Kier alpha value is -0.860. The Morgan fingerprint density at radius 2 is 1.63 bits per heavy atom. The molecule has 0 aliphatic carbocycles. The van der Waals surface area contributed by atoms with E-state index in [1.165, 1.54) is 11.1 Å². The second-order valence-electron chi connectivity index (χ2n) is 5.82. The second-order valence-corrected chi connectivity index (χ2v) is 5.82. The molecule has 0 fully saturated rings. The van der Waals surface area contributed by atoms with Crippen molar-refractivity contribution < 1.29 is 0 Å². The maximum Gasteiger partial charge on any atom is 0.0233 e. The van der Waals surface area contributed by atoms with E-state index in [4.69, 9.17) is 0 Å². The van der Waals surface area contributed by atoms with Crippen molar-refractivity contribution in [1.29, 1.82) is 0 Å². The van der Waals surface area contributed by atoms with Gasteiger partial charge in [0, 0.05) is 12.6 Å². The average Bonchev–Trinajstić information content (AvgIpc) is 2.40. The van der Waals surface area contributed by atoms with Gasteiger partial charge < -0.3 is 5.32 Å². The Labute approximate surface area is 119 Å². The number of benzene rings is 1. The van der Waals surface area contributed by atoms with E-state index >= 15 is 0 Å². The Kier molecular flexibility index (Phi) is 7.11. The molecule has 1 N–H and O–H groups in total. The largest absolute Gasteiger partial charge is 0.317 e. The summed E-state index contributed by atoms with van der Waals surface area (Å²) in [6, 6.07) is 9.69. The first kappa shape index (κ1) is 16.2. The number of likely N-dealkylation sites (N-methyl/N-ethyl adjacent to an activating group) is 1. The zero-order chi connectivity index (χ0) is 14.3. The SMILES string of the molecule is CCNCCc1ccc(CN(C)C(C)C(C)C)cc1. The molecule has 0 saturated heterocycles. The predicted molar refractivity (Wildman–Crippen MR) is 84.5 cm³/mol. The van der Waals surface area contributed by atoms with Crippen molar-refractivity contribution in [3.8, 4) is 0 Å². The molecule has 1 unspecified atom stereocenters. The summed E-state index contributed by atoms with van der Waals surface area (Å²) in [4.78, 5) is 2.43. The van der Waals surface area contributed by atoms with Crippen LogP contribution in [0.15, 0.2) is 24.3 Å². The van der Waals surface area contributed by atoms with E-state index in [1.54, 1.807) is 0 Å². The van der Waals surface area contributed by atoms with E-state index in [9.17, 15) is 0 Å². The van der Waals surface area contributed by atoms with E-state index in [1.807, 2.05) is 0 Å². The second kappa shape index (κ2) is 8.34. The predicted octanol–water partition coefficient (Wildman–Crippen LogP) is 3.31. The van der Waals surface area contributed by atoms with Crippen LogP contribution in [-0.4, -0.2) is 31.1 Å². The zero-order valence-electron chi connectivity index (χ0n) is 13.2. The molecule has 0 spiro atoms. The third-order valence-electron chi connectivity index (χ3n) is 3.96. The number of hydrogen-bond donors (Lipinski definition) is 1. The lowest BCUT2D eigenvalue weighted by atomic mass is 10.0. The molecule has 0 amide bonds. The summed E-state index contributed by atoms with van der Waals surface area (Å²) >= 11 is 0. The standard InChI is InChI=1S/C17H30N2/c1-6-18-12-11-16-7-9-17(10-8-16)13-19(5)15(4)14(2)3/h7-10,14-15,18H,6,11-13H2,1-5H3. The smallest absolute Gasteiger partial charge is 0.0233 e. The summed E-state index contributed by atoms with van der Waals surface area (Å²) in [5, 5.41) is 3.36. The van der Waals surface area contributed by atoms with Gasteiger partial charge in [-0.1, -0.05) is 45.0 Å². The molecule has 108 valence electrons. The van der Waals surface area contributed by atoms with Crippen LogP contribution in [0.4, 0.5) is 0 Å². The van der Waals surface area contributed by atoms with Crippen molar-refractivity contribution in [2.75, 3.05) is 20.1 Å². The summed E-state index contributed by atoms with van der Waals surface area (Å²) in [5.41, 5.74) is 2.83. The topological polar surface area (TPSA) is 15.3 Å². The molecule has 19 heavy (non-hydrogen) atoms. The minimum Gasteiger partial charge on any atom is -0.317 e. The number of nitrogens with one attached hydrogen (secondary N) is 1. The Morgan fingerprint density at radius 3 is 2.16 bits per heavy atom. The number of nitrogens with zero attached hydrogens (tertiary/aromatic N) is 1. The highest BCUT2D eigenvalue weighted by Gasteiger charge is 2.12. The fraction of sp³-hybridized carbons (Fsp3) is 0.647. The van der Waals surface area contributed by atoms with Gasteiger partial charge in [-0.15, -0.1) is 0 Å². The highest BCUT2D eigenvalue weighted by molar-refractivity contribution is 5.22. The molecule has 1 aromatic rings. The maximum atomic E-state index is 3.36. The zero-order valence-corrected chi connectivity index (χ0v) is 13.2. The molecule has 0 bridgehead atoms. The third kappa shape index (κ3) is 5.75. The van der Waals surface area contributed by atoms with Crippen LogP contribution in [-0.2, 0) is 13.0 Å². The van der Waals surface area contributed by atoms with Gasteiger partial charge in [0.25, 0.3) is 0 Å². The normalized spacial score (nSPS) is 13.2. The third-order valence-corrected chi connectivity index (χ3v) is 3.96. The first-order valence-corrected chi connectivity index (χ1v) is 7.53. The molecule has 1 aromatic carbocycles. The molecule has 0 aliphatic heterocycles. The van der Waals surface area contributed by atoms with Crippen LogP contribution in [0, 0.1) is 5.92 Å². The van der Waals surface area contributed by atoms with Crippen LogP contribution >= 0.6 is 0 Å². The highest BCUT2D eigenvalue weighted by Crippen LogP contribution is 2.13. The summed E-state index contributed by atoms with van der Waals surface area (Å²) in [6.07, 6.45) is 1.12. The van der Waals surface area contributed by atoms with Crippen LogP contribution < -0.4 is 5.32 Å². The molecule has 0 saturated carbocycles. The van der Waals surface area contributed by atoms with Gasteiger partial charge in [-0.2, -0.15) is 0 Å². The average molecular weight is 262 g/mol. The van der Waals surface area contributed by atoms with E-state index in [-0.39, 0.29) is 0 Å². The lowest BCUT2D eigenvalue weighted by molar-refractivity contribution is 0.200. The minimum absolute atomic E-state index is 0.619. The molecular formula is C17H30N2. The molecule has 2 heteroatoms. The summed E-state index contributed by atoms with van der Waals surface area (Å²) in [5.74, 6) is 0.699. The van der Waals surface area contributed by atoms with Gasteiger partial charge in [-0.3, -0.25) is 4.90 Å². The molecule has 0 radical (unpaired) electrons. The molecule has 2 nitrogen and oxygen atoms in total. The van der Waals surface area contributed by atoms with Crippen LogP contribution in [0.25, 0.3) is 0 Å². The summed E-state index contributed by atoms with van der Waals surface area (Å²) in [7, 11) is 2.21. The number of rotatable bonds is 8. The van der Waals surface area contributed by atoms with Crippen molar-refractivity contribution in [2.24, 2.45) is 5.92 Å².